The van der Waals surface area contributed by atoms with Crippen molar-refractivity contribution < 1.29 is 20.1 Å². The average molecular weight is 435 g/mol. The van der Waals surface area contributed by atoms with E-state index < -0.39 is 18.2 Å². The number of aromatic carboxylic acids is 1. The van der Waals surface area contributed by atoms with Crippen LogP contribution in [0.1, 0.15) is 91.3 Å². The number of fused-ring (bicyclic) bond motifs is 1. The average Bonchev–Trinajstić information content (AvgIpc) is 2.80. The first-order valence-corrected chi connectivity index (χ1v) is 11.5. The van der Waals surface area contributed by atoms with Crippen molar-refractivity contribution in [1.82, 2.24) is 4.98 Å². The van der Waals surface area contributed by atoms with Crippen molar-refractivity contribution in [3.8, 4) is 0 Å². The number of unbranched alkanes of at least 4 members (excludes halogenated alkanes) is 5. The van der Waals surface area contributed by atoms with E-state index in [9.17, 15) is 20.1 Å². The number of hydrogen-bond donors (Lipinski definition) is 2. The maximum atomic E-state index is 11.1. The summed E-state index contributed by atoms with van der Waals surface area (Å²) in [6.07, 6.45) is 6.76. The molecule has 0 aliphatic carbocycles. The number of hydrogen-bond acceptors (Lipinski definition) is 5. The first kappa shape index (κ1) is 23.9. The SMILES string of the molecule is CCCCCCCCC(O)c1ccc2ccc(CC(O)c3cccc(C(=O)[O-])c3)nc2c1. The van der Waals surface area contributed by atoms with E-state index in [0.717, 1.165) is 35.7 Å². The van der Waals surface area contributed by atoms with Crippen molar-refractivity contribution in [2.45, 2.75) is 70.5 Å². The maximum absolute atomic E-state index is 11.1. The van der Waals surface area contributed by atoms with Gasteiger partial charge in [0.05, 0.1) is 23.7 Å². The number of aliphatic hydroxyl groups excluding tert-OH is 2. The Kier molecular flexibility index (Phi) is 8.77. The fourth-order valence-electron chi connectivity index (χ4n) is 3.97. The van der Waals surface area contributed by atoms with Crippen LogP contribution in [0, 0.1) is 0 Å². The molecule has 2 aromatic carbocycles. The molecule has 2 N–H and O–H groups in total. The number of carboxylic acid groups (broad SMARTS) is 1. The van der Waals surface area contributed by atoms with E-state index in [0.29, 0.717) is 11.3 Å². The Morgan fingerprint density at radius 3 is 2.41 bits per heavy atom. The molecule has 3 rings (SSSR count). The van der Waals surface area contributed by atoms with Gasteiger partial charge in [-0.05, 0) is 41.3 Å². The molecule has 0 saturated carbocycles. The van der Waals surface area contributed by atoms with Gasteiger partial charge in [0.2, 0.25) is 0 Å². The summed E-state index contributed by atoms with van der Waals surface area (Å²) in [6, 6.07) is 15.8. The molecule has 0 radical (unpaired) electrons. The van der Waals surface area contributed by atoms with Crippen LogP contribution in [-0.4, -0.2) is 21.2 Å². The van der Waals surface area contributed by atoms with Crippen molar-refractivity contribution in [2.24, 2.45) is 0 Å². The van der Waals surface area contributed by atoms with Gasteiger partial charge in [-0.2, -0.15) is 0 Å². The molecule has 5 nitrogen and oxygen atoms in total. The van der Waals surface area contributed by atoms with Crippen molar-refractivity contribution >= 4 is 16.9 Å². The molecule has 5 heteroatoms. The summed E-state index contributed by atoms with van der Waals surface area (Å²) < 4.78 is 0. The molecule has 32 heavy (non-hydrogen) atoms. The number of pyridine rings is 1. The Morgan fingerprint density at radius 2 is 1.62 bits per heavy atom. The fraction of sp³-hybridized carbons (Fsp3) is 0.407. The van der Waals surface area contributed by atoms with Crippen LogP contribution in [0.15, 0.2) is 54.6 Å². The van der Waals surface area contributed by atoms with E-state index in [4.69, 9.17) is 0 Å². The van der Waals surface area contributed by atoms with Gasteiger partial charge in [-0.3, -0.25) is 4.98 Å². The summed E-state index contributed by atoms with van der Waals surface area (Å²) in [5.74, 6) is -1.27. The number of rotatable bonds is 12. The van der Waals surface area contributed by atoms with Gasteiger partial charge >= 0.3 is 0 Å². The molecule has 0 amide bonds. The van der Waals surface area contributed by atoms with Crippen molar-refractivity contribution in [1.29, 1.82) is 0 Å². The van der Waals surface area contributed by atoms with Crippen LogP contribution in [0.25, 0.3) is 10.9 Å². The van der Waals surface area contributed by atoms with Crippen LogP contribution in [0.3, 0.4) is 0 Å². The molecule has 2 atom stereocenters. The van der Waals surface area contributed by atoms with Gasteiger partial charge in [0.25, 0.3) is 0 Å². The predicted octanol–water partition coefficient (Wildman–Crippen LogP) is 4.66. The molecule has 1 aromatic heterocycles. The highest BCUT2D eigenvalue weighted by Gasteiger charge is 2.13. The molecule has 0 aliphatic heterocycles. The van der Waals surface area contributed by atoms with E-state index >= 15 is 0 Å². The van der Waals surface area contributed by atoms with Crippen LogP contribution in [-0.2, 0) is 6.42 Å². The zero-order valence-electron chi connectivity index (χ0n) is 18.7. The third-order valence-corrected chi connectivity index (χ3v) is 5.90. The van der Waals surface area contributed by atoms with Gasteiger partial charge in [-0.25, -0.2) is 0 Å². The third kappa shape index (κ3) is 6.62. The second kappa shape index (κ2) is 11.7. The van der Waals surface area contributed by atoms with E-state index in [1.807, 2.05) is 30.3 Å². The fourth-order valence-corrected chi connectivity index (χ4v) is 3.97. The second-order valence-electron chi connectivity index (χ2n) is 8.46. The van der Waals surface area contributed by atoms with E-state index in [1.165, 1.54) is 37.8 Å². The molecule has 170 valence electrons. The lowest BCUT2D eigenvalue weighted by Crippen LogP contribution is -2.22. The number of nitrogens with zero attached hydrogens (tertiary/aromatic N) is 1. The molecule has 3 aromatic rings. The topological polar surface area (TPSA) is 93.5 Å². The number of aromatic nitrogens is 1. The number of benzene rings is 2. The molecule has 0 spiro atoms. The summed E-state index contributed by atoms with van der Waals surface area (Å²) >= 11 is 0. The van der Waals surface area contributed by atoms with Crippen LogP contribution in [0.4, 0.5) is 0 Å². The predicted molar refractivity (Wildman–Crippen MR) is 124 cm³/mol. The van der Waals surface area contributed by atoms with Gasteiger partial charge in [0.15, 0.2) is 0 Å². The number of carboxylic acids is 1. The molecule has 0 bridgehead atoms. The molecule has 0 saturated heterocycles. The van der Waals surface area contributed by atoms with E-state index in [2.05, 4.69) is 11.9 Å². The normalized spacial score (nSPS) is 13.2. The van der Waals surface area contributed by atoms with Crippen LogP contribution >= 0.6 is 0 Å². The molecular weight excluding hydrogens is 402 g/mol. The van der Waals surface area contributed by atoms with Gasteiger partial charge in [-0.15, -0.1) is 0 Å². The monoisotopic (exact) mass is 434 g/mol. The Hall–Kier alpha value is -2.76. The quantitative estimate of drug-likeness (QED) is 0.405. The van der Waals surface area contributed by atoms with Gasteiger partial charge in [0, 0.05) is 17.5 Å². The van der Waals surface area contributed by atoms with Crippen LogP contribution < -0.4 is 5.11 Å². The van der Waals surface area contributed by atoms with E-state index in [1.54, 1.807) is 12.1 Å². The van der Waals surface area contributed by atoms with Gasteiger partial charge in [0.1, 0.15) is 0 Å². The summed E-state index contributed by atoms with van der Waals surface area (Å²) in [5, 5.41) is 33.2. The third-order valence-electron chi connectivity index (χ3n) is 5.90. The van der Waals surface area contributed by atoms with Crippen LogP contribution in [0.2, 0.25) is 0 Å². The number of carbonyl (C=O) groups excluding carboxylic acids is 1. The molecule has 1 heterocycles. The summed E-state index contributed by atoms with van der Waals surface area (Å²) in [5.41, 5.74) is 2.88. The summed E-state index contributed by atoms with van der Waals surface area (Å²) in [4.78, 5) is 15.7. The Bertz CT molecular complexity index is 1030. The van der Waals surface area contributed by atoms with Crippen LogP contribution in [0.5, 0.6) is 0 Å². The van der Waals surface area contributed by atoms with Crippen molar-refractivity contribution in [3.63, 3.8) is 0 Å². The highest BCUT2D eigenvalue weighted by molar-refractivity contribution is 5.86. The number of aliphatic hydroxyl groups is 2. The number of carbonyl (C=O) groups is 1. The van der Waals surface area contributed by atoms with Gasteiger partial charge < -0.3 is 20.1 Å². The summed E-state index contributed by atoms with van der Waals surface area (Å²) in [7, 11) is 0. The largest absolute Gasteiger partial charge is 0.545 e. The second-order valence-corrected chi connectivity index (χ2v) is 8.46. The maximum Gasteiger partial charge on any atom is 0.0845 e. The lowest BCUT2D eigenvalue weighted by molar-refractivity contribution is -0.255. The van der Waals surface area contributed by atoms with Crippen molar-refractivity contribution in [2.75, 3.05) is 0 Å². The smallest absolute Gasteiger partial charge is 0.0845 e. The van der Waals surface area contributed by atoms with Gasteiger partial charge in [-0.1, -0.05) is 81.8 Å². The molecular formula is C27H32NO4-. The minimum atomic E-state index is -1.27. The highest BCUT2D eigenvalue weighted by atomic mass is 16.4. The van der Waals surface area contributed by atoms with E-state index in [-0.39, 0.29) is 12.0 Å². The minimum absolute atomic E-state index is 0.0389. The first-order valence-electron chi connectivity index (χ1n) is 11.5. The lowest BCUT2D eigenvalue weighted by Gasteiger charge is -2.14. The zero-order chi connectivity index (χ0) is 22.9. The Balaban J connectivity index is 1.65. The molecule has 0 aliphatic rings. The Labute approximate surface area is 189 Å². The lowest BCUT2D eigenvalue weighted by atomic mass is 9.99. The first-order chi connectivity index (χ1) is 15.5. The zero-order valence-corrected chi connectivity index (χ0v) is 18.7. The molecule has 2 unspecified atom stereocenters. The van der Waals surface area contributed by atoms with Crippen molar-refractivity contribution in [3.05, 3.63) is 77.0 Å². The Morgan fingerprint density at radius 1 is 0.906 bits per heavy atom. The highest BCUT2D eigenvalue weighted by Crippen LogP contribution is 2.25. The minimum Gasteiger partial charge on any atom is -0.545 e. The molecule has 0 fully saturated rings. The summed E-state index contributed by atoms with van der Waals surface area (Å²) in [6.45, 7) is 2.21. The standard InChI is InChI=1S/C27H33NO4/c1-2-3-4-5-6-7-11-25(29)21-13-12-19-14-15-23(28-24(19)17-21)18-26(30)20-9-8-10-22(16-20)27(31)32/h8-10,12-17,25-26,29-30H,2-7,11,18H2,1H3,(H,31,32)/p-1.